The molecule has 1 saturated heterocycles. The van der Waals surface area contributed by atoms with Crippen molar-refractivity contribution in [2.24, 2.45) is 5.92 Å². The minimum atomic E-state index is 0.312. The molecule has 0 aromatic heterocycles. The van der Waals surface area contributed by atoms with Crippen LogP contribution in [-0.4, -0.2) is 36.1 Å². The summed E-state index contributed by atoms with van der Waals surface area (Å²) < 4.78 is 0. The molecule has 2 aliphatic rings. The Morgan fingerprint density at radius 3 is 2.30 bits per heavy atom. The summed E-state index contributed by atoms with van der Waals surface area (Å²) in [6.45, 7) is 10.8. The van der Waals surface area contributed by atoms with Crippen LogP contribution in [0.2, 0.25) is 0 Å². The van der Waals surface area contributed by atoms with Crippen LogP contribution in [0, 0.1) is 5.92 Å². The number of piperazine rings is 1. The van der Waals surface area contributed by atoms with Crippen LogP contribution in [0.3, 0.4) is 0 Å². The molecule has 1 atom stereocenters. The molecule has 2 rings (SSSR count). The van der Waals surface area contributed by atoms with Crippen LogP contribution < -0.4 is 5.32 Å². The molecule has 0 bridgehead atoms. The third kappa shape index (κ3) is 5.37. The Hall–Kier alpha value is -0.0800. The second-order valence-electron chi connectivity index (χ2n) is 7.76. The fourth-order valence-electron chi connectivity index (χ4n) is 3.65. The monoisotopic (exact) mass is 280 g/mol. The molecule has 0 amide bonds. The van der Waals surface area contributed by atoms with E-state index >= 15 is 0 Å². The Labute approximate surface area is 126 Å². The zero-order chi connectivity index (χ0) is 14.4. The van der Waals surface area contributed by atoms with Gasteiger partial charge in [0.05, 0.1) is 0 Å². The summed E-state index contributed by atoms with van der Waals surface area (Å²) >= 11 is 0. The van der Waals surface area contributed by atoms with Gasteiger partial charge >= 0.3 is 0 Å². The van der Waals surface area contributed by atoms with Crippen molar-refractivity contribution in [2.45, 2.75) is 90.1 Å². The summed E-state index contributed by atoms with van der Waals surface area (Å²) in [7, 11) is 0. The molecule has 0 radical (unpaired) electrons. The summed E-state index contributed by atoms with van der Waals surface area (Å²) in [4.78, 5) is 2.81. The zero-order valence-corrected chi connectivity index (χ0v) is 14.1. The lowest BCUT2D eigenvalue weighted by atomic mass is 9.96. The molecule has 20 heavy (non-hydrogen) atoms. The topological polar surface area (TPSA) is 15.3 Å². The van der Waals surface area contributed by atoms with Crippen molar-refractivity contribution >= 4 is 0 Å². The number of hydrogen-bond donors (Lipinski definition) is 1. The molecule has 2 heteroatoms. The smallest absolute Gasteiger partial charge is 0.0252 e. The van der Waals surface area contributed by atoms with Crippen molar-refractivity contribution in [2.75, 3.05) is 19.6 Å². The van der Waals surface area contributed by atoms with Gasteiger partial charge in [-0.15, -0.1) is 0 Å². The molecule has 1 saturated carbocycles. The van der Waals surface area contributed by atoms with Crippen LogP contribution >= 0.6 is 0 Å². The molecule has 118 valence electrons. The Bertz CT molecular complexity index is 271. The minimum absolute atomic E-state index is 0.312. The van der Waals surface area contributed by atoms with E-state index in [-0.39, 0.29) is 0 Å². The fraction of sp³-hybridized carbons (Fsp3) is 1.00. The molecule has 1 heterocycles. The molecule has 1 unspecified atom stereocenters. The Morgan fingerprint density at radius 2 is 1.65 bits per heavy atom. The average Bonchev–Trinajstić information content (AvgIpc) is 3.21. The zero-order valence-electron chi connectivity index (χ0n) is 14.1. The molecule has 2 nitrogen and oxygen atoms in total. The first-order chi connectivity index (χ1) is 9.62. The third-order valence-corrected chi connectivity index (χ3v) is 5.07. The molecular weight excluding hydrogens is 244 g/mol. The normalized spacial score (nSPS) is 26.9. The third-order valence-electron chi connectivity index (χ3n) is 5.07. The van der Waals surface area contributed by atoms with Crippen molar-refractivity contribution in [3.05, 3.63) is 0 Å². The van der Waals surface area contributed by atoms with E-state index in [1.807, 2.05) is 0 Å². The Morgan fingerprint density at radius 1 is 1.00 bits per heavy atom. The van der Waals surface area contributed by atoms with Gasteiger partial charge in [0.25, 0.3) is 0 Å². The first-order valence-corrected chi connectivity index (χ1v) is 9.11. The highest BCUT2D eigenvalue weighted by Crippen LogP contribution is 2.37. The van der Waals surface area contributed by atoms with Crippen LogP contribution in [0.5, 0.6) is 0 Å². The van der Waals surface area contributed by atoms with Crippen LogP contribution in [0.4, 0.5) is 0 Å². The van der Waals surface area contributed by atoms with Gasteiger partial charge in [-0.2, -0.15) is 0 Å². The summed E-state index contributed by atoms with van der Waals surface area (Å²) in [5.74, 6) is 1.00. The quantitative estimate of drug-likeness (QED) is 0.637. The van der Waals surface area contributed by atoms with Gasteiger partial charge in [0.15, 0.2) is 0 Å². The predicted molar refractivity (Wildman–Crippen MR) is 88.2 cm³/mol. The number of unbranched alkanes of at least 4 members (excludes halogenated alkanes) is 6. The van der Waals surface area contributed by atoms with Gasteiger partial charge < -0.3 is 5.32 Å². The lowest BCUT2D eigenvalue weighted by Gasteiger charge is -2.45. The molecule has 0 aromatic carbocycles. The molecule has 1 aliphatic carbocycles. The van der Waals surface area contributed by atoms with Crippen molar-refractivity contribution in [1.82, 2.24) is 10.2 Å². The Balaban J connectivity index is 1.63. The van der Waals surface area contributed by atoms with E-state index in [0.717, 1.165) is 12.0 Å². The molecule has 0 spiro atoms. The second kappa shape index (κ2) is 7.79. The van der Waals surface area contributed by atoms with E-state index < -0.39 is 0 Å². The van der Waals surface area contributed by atoms with Gasteiger partial charge in [-0.3, -0.25) is 4.90 Å². The summed E-state index contributed by atoms with van der Waals surface area (Å²) in [6, 6.07) is 0.836. The van der Waals surface area contributed by atoms with Gasteiger partial charge in [-0.25, -0.2) is 0 Å². The number of nitrogens with one attached hydrogen (secondary N) is 1. The lowest BCUT2D eigenvalue weighted by Crippen LogP contribution is -2.62. The molecule has 1 aliphatic heterocycles. The highest BCUT2D eigenvalue weighted by molar-refractivity contribution is 4.98. The largest absolute Gasteiger partial charge is 0.309 e. The summed E-state index contributed by atoms with van der Waals surface area (Å²) in [5, 5.41) is 3.74. The van der Waals surface area contributed by atoms with Crippen molar-refractivity contribution in [3.8, 4) is 0 Å². The highest BCUT2D eigenvalue weighted by atomic mass is 15.3. The van der Waals surface area contributed by atoms with Gasteiger partial charge in [0, 0.05) is 24.7 Å². The lowest BCUT2D eigenvalue weighted by molar-refractivity contribution is 0.0810. The minimum Gasteiger partial charge on any atom is -0.309 e. The molecule has 2 fully saturated rings. The van der Waals surface area contributed by atoms with Gasteiger partial charge in [-0.1, -0.05) is 45.4 Å². The maximum atomic E-state index is 3.74. The summed E-state index contributed by atoms with van der Waals surface area (Å²) in [6.07, 6.45) is 12.9. The fourth-order valence-corrected chi connectivity index (χ4v) is 3.65. The molecule has 0 aromatic rings. The molecular formula is C18H36N2. The SMILES string of the molecule is CCCCCCCCCN1CC(C)(C)NCC1C1CC1. The van der Waals surface area contributed by atoms with Crippen LogP contribution in [0.1, 0.15) is 78.6 Å². The van der Waals surface area contributed by atoms with E-state index in [2.05, 4.69) is 31.0 Å². The van der Waals surface area contributed by atoms with Crippen molar-refractivity contribution in [3.63, 3.8) is 0 Å². The Kier molecular flexibility index (Phi) is 6.35. The number of nitrogens with zero attached hydrogens (tertiary/aromatic N) is 1. The maximum absolute atomic E-state index is 3.74. The van der Waals surface area contributed by atoms with Crippen LogP contribution in [-0.2, 0) is 0 Å². The van der Waals surface area contributed by atoms with Crippen molar-refractivity contribution in [1.29, 1.82) is 0 Å². The summed E-state index contributed by atoms with van der Waals surface area (Å²) in [5.41, 5.74) is 0.312. The van der Waals surface area contributed by atoms with Gasteiger partial charge in [0.2, 0.25) is 0 Å². The van der Waals surface area contributed by atoms with E-state index in [1.165, 1.54) is 77.4 Å². The van der Waals surface area contributed by atoms with Crippen LogP contribution in [0.25, 0.3) is 0 Å². The van der Waals surface area contributed by atoms with Gasteiger partial charge in [0.1, 0.15) is 0 Å². The van der Waals surface area contributed by atoms with Crippen molar-refractivity contribution < 1.29 is 0 Å². The maximum Gasteiger partial charge on any atom is 0.0252 e. The van der Waals surface area contributed by atoms with E-state index in [0.29, 0.717) is 5.54 Å². The van der Waals surface area contributed by atoms with E-state index in [9.17, 15) is 0 Å². The standard InChI is InChI=1S/C18H36N2/c1-4-5-6-7-8-9-10-13-20-15-18(2,3)19-14-17(20)16-11-12-16/h16-17,19H,4-15H2,1-3H3. The predicted octanol–water partition coefficient (Wildman–Crippen LogP) is 4.20. The molecule has 1 N–H and O–H groups in total. The van der Waals surface area contributed by atoms with Gasteiger partial charge in [-0.05, 0) is 45.6 Å². The highest BCUT2D eigenvalue weighted by Gasteiger charge is 2.40. The second-order valence-corrected chi connectivity index (χ2v) is 7.76. The first-order valence-electron chi connectivity index (χ1n) is 9.11. The average molecular weight is 281 g/mol. The number of rotatable bonds is 9. The van der Waals surface area contributed by atoms with Crippen LogP contribution in [0.15, 0.2) is 0 Å². The van der Waals surface area contributed by atoms with E-state index in [4.69, 9.17) is 0 Å². The number of hydrogen-bond acceptors (Lipinski definition) is 2. The van der Waals surface area contributed by atoms with E-state index in [1.54, 1.807) is 0 Å². The first kappa shape index (κ1) is 16.3.